The standard InChI is InChI=1S/C9H16O2/c1-5-9(10)8(4)6-11-7(2)3/h6-7H,5H2,1-4H3/b8-6+. The number of carbonyl (C=O) groups is 1. The number of allylic oxidation sites excluding steroid dienone is 1. The molecule has 0 bridgehead atoms. The van der Waals surface area contributed by atoms with Crippen LogP contribution in [-0.4, -0.2) is 11.9 Å². The van der Waals surface area contributed by atoms with Gasteiger partial charge in [-0.3, -0.25) is 4.79 Å². The molecule has 0 heterocycles. The summed E-state index contributed by atoms with van der Waals surface area (Å²) in [6, 6.07) is 0. The van der Waals surface area contributed by atoms with E-state index in [1.807, 2.05) is 20.8 Å². The summed E-state index contributed by atoms with van der Waals surface area (Å²) in [6.07, 6.45) is 2.23. The zero-order valence-electron chi connectivity index (χ0n) is 7.68. The smallest absolute Gasteiger partial charge is 0.161 e. The second-order valence-corrected chi connectivity index (χ2v) is 2.76. The molecule has 0 spiro atoms. The molecule has 2 heteroatoms. The molecule has 0 radical (unpaired) electrons. The van der Waals surface area contributed by atoms with Crippen LogP contribution >= 0.6 is 0 Å². The summed E-state index contributed by atoms with van der Waals surface area (Å²) in [6.45, 7) is 7.48. The van der Waals surface area contributed by atoms with E-state index in [1.165, 1.54) is 6.26 Å². The lowest BCUT2D eigenvalue weighted by Gasteiger charge is -2.04. The summed E-state index contributed by atoms with van der Waals surface area (Å²) in [7, 11) is 0. The molecule has 0 aliphatic rings. The van der Waals surface area contributed by atoms with E-state index in [2.05, 4.69) is 0 Å². The average Bonchev–Trinajstić information content (AvgIpc) is 1.98. The van der Waals surface area contributed by atoms with Crippen LogP contribution in [0.3, 0.4) is 0 Å². The van der Waals surface area contributed by atoms with Gasteiger partial charge in [0.25, 0.3) is 0 Å². The van der Waals surface area contributed by atoms with Gasteiger partial charge in [0.15, 0.2) is 5.78 Å². The van der Waals surface area contributed by atoms with Crippen molar-refractivity contribution in [2.75, 3.05) is 0 Å². The Morgan fingerprint density at radius 3 is 2.45 bits per heavy atom. The number of ether oxygens (including phenoxy) is 1. The fourth-order valence-electron chi connectivity index (χ4n) is 0.583. The van der Waals surface area contributed by atoms with Gasteiger partial charge < -0.3 is 4.74 Å². The quantitative estimate of drug-likeness (QED) is 0.461. The van der Waals surface area contributed by atoms with Gasteiger partial charge in [-0.05, 0) is 20.8 Å². The average molecular weight is 156 g/mol. The Bertz CT molecular complexity index is 157. The number of hydrogen-bond acceptors (Lipinski definition) is 2. The van der Waals surface area contributed by atoms with Crippen LogP contribution in [-0.2, 0) is 9.53 Å². The zero-order chi connectivity index (χ0) is 8.85. The molecule has 0 saturated heterocycles. The van der Waals surface area contributed by atoms with Crippen LogP contribution < -0.4 is 0 Å². The van der Waals surface area contributed by atoms with E-state index in [-0.39, 0.29) is 11.9 Å². The van der Waals surface area contributed by atoms with Gasteiger partial charge in [0.2, 0.25) is 0 Å². The Morgan fingerprint density at radius 2 is 2.09 bits per heavy atom. The second-order valence-electron chi connectivity index (χ2n) is 2.76. The maximum absolute atomic E-state index is 11.0. The largest absolute Gasteiger partial charge is 0.498 e. The highest BCUT2D eigenvalue weighted by atomic mass is 16.5. The second kappa shape index (κ2) is 4.94. The topological polar surface area (TPSA) is 26.3 Å². The van der Waals surface area contributed by atoms with Gasteiger partial charge in [-0.2, -0.15) is 0 Å². The molecule has 0 amide bonds. The number of hydrogen-bond donors (Lipinski definition) is 0. The molecule has 11 heavy (non-hydrogen) atoms. The van der Waals surface area contributed by atoms with E-state index >= 15 is 0 Å². The van der Waals surface area contributed by atoms with Crippen molar-refractivity contribution in [1.82, 2.24) is 0 Å². The summed E-state index contributed by atoms with van der Waals surface area (Å²) in [5, 5.41) is 0. The molecule has 0 fully saturated rings. The number of Topliss-reactive ketones (excluding diaryl/α,β-unsaturated/α-hetero) is 1. The Labute approximate surface area is 68.2 Å². The molecular formula is C9H16O2. The molecule has 64 valence electrons. The van der Waals surface area contributed by atoms with Gasteiger partial charge in [0.05, 0.1) is 12.4 Å². The summed E-state index contributed by atoms with van der Waals surface area (Å²) in [4.78, 5) is 11.0. The minimum Gasteiger partial charge on any atom is -0.498 e. The van der Waals surface area contributed by atoms with Gasteiger partial charge in [-0.1, -0.05) is 6.92 Å². The minimum atomic E-state index is 0.144. The van der Waals surface area contributed by atoms with Crippen LogP contribution in [0.4, 0.5) is 0 Å². The van der Waals surface area contributed by atoms with Crippen molar-refractivity contribution in [3.63, 3.8) is 0 Å². The lowest BCUT2D eigenvalue weighted by Crippen LogP contribution is -2.01. The first-order chi connectivity index (χ1) is 5.07. The van der Waals surface area contributed by atoms with Crippen LogP contribution in [0.5, 0.6) is 0 Å². The first-order valence-corrected chi connectivity index (χ1v) is 3.93. The van der Waals surface area contributed by atoms with E-state index in [0.29, 0.717) is 12.0 Å². The lowest BCUT2D eigenvalue weighted by molar-refractivity contribution is -0.115. The first kappa shape index (κ1) is 10.2. The normalized spacial score (nSPS) is 11.9. The van der Waals surface area contributed by atoms with Gasteiger partial charge >= 0.3 is 0 Å². The van der Waals surface area contributed by atoms with E-state index < -0.39 is 0 Å². The van der Waals surface area contributed by atoms with Gasteiger partial charge in [0.1, 0.15) is 0 Å². The van der Waals surface area contributed by atoms with Crippen LogP contribution in [0.25, 0.3) is 0 Å². The predicted octanol–water partition coefficient (Wildman–Crippen LogP) is 2.29. The molecule has 0 atom stereocenters. The van der Waals surface area contributed by atoms with Crippen LogP contribution in [0, 0.1) is 0 Å². The summed E-state index contributed by atoms with van der Waals surface area (Å²) in [5.74, 6) is 0.144. The Hall–Kier alpha value is -0.790. The number of carbonyl (C=O) groups excluding carboxylic acids is 1. The van der Waals surface area contributed by atoms with Gasteiger partial charge in [-0.25, -0.2) is 0 Å². The molecule has 0 aliphatic heterocycles. The van der Waals surface area contributed by atoms with Crippen LogP contribution in [0.1, 0.15) is 34.1 Å². The maximum Gasteiger partial charge on any atom is 0.161 e. The van der Waals surface area contributed by atoms with Crippen molar-refractivity contribution in [3.8, 4) is 0 Å². The molecule has 0 N–H and O–H groups in total. The molecule has 0 rings (SSSR count). The highest BCUT2D eigenvalue weighted by Gasteiger charge is 2.00. The van der Waals surface area contributed by atoms with E-state index in [1.54, 1.807) is 6.92 Å². The summed E-state index contributed by atoms with van der Waals surface area (Å²) < 4.78 is 5.14. The summed E-state index contributed by atoms with van der Waals surface area (Å²) >= 11 is 0. The molecule has 0 aromatic heterocycles. The summed E-state index contributed by atoms with van der Waals surface area (Å²) in [5.41, 5.74) is 0.696. The fraction of sp³-hybridized carbons (Fsp3) is 0.667. The minimum absolute atomic E-state index is 0.144. The van der Waals surface area contributed by atoms with Crippen LogP contribution in [0.15, 0.2) is 11.8 Å². The molecule has 0 aromatic rings. The number of rotatable bonds is 4. The molecular weight excluding hydrogens is 140 g/mol. The van der Waals surface area contributed by atoms with Crippen molar-refractivity contribution in [2.24, 2.45) is 0 Å². The maximum atomic E-state index is 11.0. The third-order valence-electron chi connectivity index (χ3n) is 1.28. The fourth-order valence-corrected chi connectivity index (χ4v) is 0.583. The lowest BCUT2D eigenvalue weighted by atomic mass is 10.2. The highest BCUT2D eigenvalue weighted by Crippen LogP contribution is 2.00. The van der Waals surface area contributed by atoms with Gasteiger partial charge in [-0.15, -0.1) is 0 Å². The SMILES string of the molecule is CCC(=O)/C(C)=C/OC(C)C. The Kier molecular flexibility index (Phi) is 4.59. The van der Waals surface area contributed by atoms with Crippen molar-refractivity contribution >= 4 is 5.78 Å². The zero-order valence-corrected chi connectivity index (χ0v) is 7.68. The van der Waals surface area contributed by atoms with E-state index in [4.69, 9.17) is 4.74 Å². The monoisotopic (exact) mass is 156 g/mol. The van der Waals surface area contributed by atoms with Gasteiger partial charge in [0, 0.05) is 12.0 Å². The third kappa shape index (κ3) is 4.59. The van der Waals surface area contributed by atoms with Crippen LogP contribution in [0.2, 0.25) is 0 Å². The number of ketones is 1. The molecule has 0 aliphatic carbocycles. The van der Waals surface area contributed by atoms with Crippen molar-refractivity contribution in [3.05, 3.63) is 11.8 Å². The van der Waals surface area contributed by atoms with E-state index in [0.717, 1.165) is 0 Å². The van der Waals surface area contributed by atoms with Crippen molar-refractivity contribution < 1.29 is 9.53 Å². The van der Waals surface area contributed by atoms with Crippen molar-refractivity contribution in [1.29, 1.82) is 0 Å². The molecule has 0 aromatic carbocycles. The first-order valence-electron chi connectivity index (χ1n) is 3.93. The molecule has 2 nitrogen and oxygen atoms in total. The Balaban J connectivity index is 3.90. The third-order valence-corrected chi connectivity index (χ3v) is 1.28. The Morgan fingerprint density at radius 1 is 1.55 bits per heavy atom. The van der Waals surface area contributed by atoms with E-state index in [9.17, 15) is 4.79 Å². The molecule has 0 unspecified atom stereocenters. The highest BCUT2D eigenvalue weighted by molar-refractivity contribution is 5.94. The molecule has 0 saturated carbocycles. The predicted molar refractivity (Wildman–Crippen MR) is 45.3 cm³/mol. The van der Waals surface area contributed by atoms with Crippen molar-refractivity contribution in [2.45, 2.75) is 40.2 Å².